The van der Waals surface area contributed by atoms with Gasteiger partial charge in [-0.25, -0.2) is 4.57 Å². The Morgan fingerprint density at radius 3 is 1.60 bits per heavy atom. The molecule has 0 rings (SSSR count). The van der Waals surface area contributed by atoms with Crippen LogP contribution in [-0.2, 0) is 23.1 Å². The van der Waals surface area contributed by atoms with Gasteiger partial charge in [0.05, 0.1) is 34.4 Å². The standard InChI is InChI=1S/C32H68NO6P/c1-7-9-11-13-15-19-23-31(24-20-16-14-12-10-8-2)25-21-17-18-22-27-37-29-32(36-6)30-39-40(34,35)38-28-26-33(3,4)5/h31-32H,7-30H2,1-6H3/p+1. The van der Waals surface area contributed by atoms with E-state index in [-0.39, 0.29) is 13.2 Å². The van der Waals surface area contributed by atoms with Gasteiger partial charge in [-0.05, 0) is 12.3 Å². The van der Waals surface area contributed by atoms with Gasteiger partial charge in [0.2, 0.25) is 0 Å². The topological polar surface area (TPSA) is 74.2 Å². The maximum Gasteiger partial charge on any atom is 0.472 e. The van der Waals surface area contributed by atoms with Crippen LogP contribution < -0.4 is 0 Å². The molecule has 0 aromatic rings. The molecule has 0 amide bonds. The highest BCUT2D eigenvalue weighted by Gasteiger charge is 2.24. The number of ether oxygens (including phenoxy) is 2. The molecule has 0 fully saturated rings. The monoisotopic (exact) mass is 594 g/mol. The molecule has 40 heavy (non-hydrogen) atoms. The van der Waals surface area contributed by atoms with E-state index in [4.69, 9.17) is 18.5 Å². The van der Waals surface area contributed by atoms with Gasteiger partial charge in [0.25, 0.3) is 0 Å². The van der Waals surface area contributed by atoms with Crippen LogP contribution in [0.25, 0.3) is 0 Å². The second-order valence-corrected chi connectivity index (χ2v) is 14.2. The largest absolute Gasteiger partial charge is 0.472 e. The zero-order valence-corrected chi connectivity index (χ0v) is 28.4. The molecule has 7 nitrogen and oxygen atoms in total. The van der Waals surface area contributed by atoms with Gasteiger partial charge >= 0.3 is 7.82 Å². The van der Waals surface area contributed by atoms with E-state index >= 15 is 0 Å². The van der Waals surface area contributed by atoms with Gasteiger partial charge < -0.3 is 18.9 Å². The SMILES string of the molecule is CCCCCCCCC(CCCCCCCC)CCCCCCOCC(COP(=O)(O)OCC[N+](C)(C)C)OC. The first-order valence-corrected chi connectivity index (χ1v) is 18.2. The normalized spacial score (nSPS) is 14.6. The Morgan fingerprint density at radius 1 is 0.650 bits per heavy atom. The number of phosphoric acid groups is 1. The summed E-state index contributed by atoms with van der Waals surface area (Å²) in [5.41, 5.74) is 0. The molecular formula is C32H69NO6P+. The van der Waals surface area contributed by atoms with Gasteiger partial charge in [0.1, 0.15) is 19.3 Å². The maximum atomic E-state index is 12.1. The van der Waals surface area contributed by atoms with Gasteiger partial charge in [0, 0.05) is 13.7 Å². The van der Waals surface area contributed by atoms with Crippen LogP contribution in [0.1, 0.15) is 136 Å². The van der Waals surface area contributed by atoms with Gasteiger partial charge in [-0.15, -0.1) is 0 Å². The van der Waals surface area contributed by atoms with Crippen molar-refractivity contribution in [1.82, 2.24) is 0 Å². The summed E-state index contributed by atoms with van der Waals surface area (Å²) in [5.74, 6) is 0.912. The highest BCUT2D eigenvalue weighted by molar-refractivity contribution is 7.47. The number of likely N-dealkylation sites (N-methyl/N-ethyl adjacent to an activating group) is 1. The molecule has 0 aliphatic rings. The lowest BCUT2D eigenvalue weighted by Gasteiger charge is -2.24. The van der Waals surface area contributed by atoms with E-state index in [0.717, 1.165) is 12.3 Å². The van der Waals surface area contributed by atoms with Crippen molar-refractivity contribution in [3.05, 3.63) is 0 Å². The molecule has 2 unspecified atom stereocenters. The number of rotatable bonds is 31. The van der Waals surface area contributed by atoms with Crippen molar-refractivity contribution in [3.8, 4) is 0 Å². The molecule has 8 heteroatoms. The van der Waals surface area contributed by atoms with E-state index in [1.807, 2.05) is 21.1 Å². The van der Waals surface area contributed by atoms with E-state index in [1.165, 1.54) is 116 Å². The molecular weight excluding hydrogens is 525 g/mol. The van der Waals surface area contributed by atoms with Crippen LogP contribution in [0.2, 0.25) is 0 Å². The molecule has 0 radical (unpaired) electrons. The second-order valence-electron chi connectivity index (χ2n) is 12.7. The molecule has 0 heterocycles. The molecule has 242 valence electrons. The third-order valence-corrected chi connectivity index (χ3v) is 8.64. The summed E-state index contributed by atoms with van der Waals surface area (Å²) in [6, 6.07) is 0. The predicted octanol–water partition coefficient (Wildman–Crippen LogP) is 8.93. The average Bonchev–Trinajstić information content (AvgIpc) is 2.89. The van der Waals surface area contributed by atoms with Crippen molar-refractivity contribution < 1.29 is 32.5 Å². The molecule has 0 bridgehead atoms. The molecule has 0 aliphatic carbocycles. The highest BCUT2D eigenvalue weighted by atomic mass is 31.2. The fourth-order valence-corrected chi connectivity index (χ4v) is 5.64. The minimum absolute atomic E-state index is 0.0345. The Bertz CT molecular complexity index is 570. The van der Waals surface area contributed by atoms with Crippen LogP contribution >= 0.6 is 7.82 Å². The summed E-state index contributed by atoms with van der Waals surface area (Å²) < 4.78 is 34.0. The number of unbranched alkanes of at least 4 members (excludes halogenated alkanes) is 13. The Hall–Kier alpha value is -0.0100. The number of phosphoric ester groups is 1. The zero-order chi connectivity index (χ0) is 30.0. The summed E-state index contributed by atoms with van der Waals surface area (Å²) in [7, 11) is 3.46. The third kappa shape index (κ3) is 28.1. The van der Waals surface area contributed by atoms with E-state index < -0.39 is 13.9 Å². The molecule has 0 saturated carbocycles. The summed E-state index contributed by atoms with van der Waals surface area (Å²) in [6.45, 7) is 6.33. The van der Waals surface area contributed by atoms with Crippen LogP contribution in [0.4, 0.5) is 0 Å². The maximum absolute atomic E-state index is 12.1. The smallest absolute Gasteiger partial charge is 0.379 e. The van der Waals surface area contributed by atoms with Crippen LogP contribution in [0, 0.1) is 5.92 Å². The van der Waals surface area contributed by atoms with Crippen molar-refractivity contribution in [2.24, 2.45) is 5.92 Å². The van der Waals surface area contributed by atoms with Gasteiger partial charge in [-0.2, -0.15) is 0 Å². The van der Waals surface area contributed by atoms with E-state index in [1.54, 1.807) is 7.11 Å². The summed E-state index contributed by atoms with van der Waals surface area (Å²) in [4.78, 5) is 9.88. The van der Waals surface area contributed by atoms with Gasteiger partial charge in [-0.1, -0.05) is 129 Å². The fourth-order valence-electron chi connectivity index (χ4n) is 4.89. The molecule has 0 spiro atoms. The number of nitrogens with zero attached hydrogens (tertiary/aromatic N) is 1. The van der Waals surface area contributed by atoms with Crippen molar-refractivity contribution in [1.29, 1.82) is 0 Å². The van der Waals surface area contributed by atoms with E-state index in [2.05, 4.69) is 13.8 Å². The van der Waals surface area contributed by atoms with E-state index in [9.17, 15) is 9.46 Å². The van der Waals surface area contributed by atoms with E-state index in [0.29, 0.717) is 24.2 Å². The van der Waals surface area contributed by atoms with Crippen molar-refractivity contribution >= 4 is 7.82 Å². The minimum atomic E-state index is -4.09. The quantitative estimate of drug-likeness (QED) is 0.0491. The van der Waals surface area contributed by atoms with Crippen LogP contribution in [-0.4, -0.2) is 76.7 Å². The third-order valence-electron chi connectivity index (χ3n) is 7.66. The van der Waals surface area contributed by atoms with Crippen LogP contribution in [0.3, 0.4) is 0 Å². The predicted molar refractivity (Wildman–Crippen MR) is 169 cm³/mol. The first-order chi connectivity index (χ1) is 19.1. The summed E-state index contributed by atoms with van der Waals surface area (Å²) in [6.07, 6.45) is 25.4. The molecule has 0 aliphatic heterocycles. The summed E-state index contributed by atoms with van der Waals surface area (Å²) >= 11 is 0. The fraction of sp³-hybridized carbons (Fsp3) is 1.00. The van der Waals surface area contributed by atoms with Crippen molar-refractivity contribution in [2.45, 2.75) is 142 Å². The highest BCUT2D eigenvalue weighted by Crippen LogP contribution is 2.43. The lowest BCUT2D eigenvalue weighted by Crippen LogP contribution is -2.37. The van der Waals surface area contributed by atoms with Crippen LogP contribution in [0.15, 0.2) is 0 Å². The first kappa shape index (κ1) is 40.0. The Kier molecular flexibility index (Phi) is 26.6. The van der Waals surface area contributed by atoms with Crippen molar-refractivity contribution in [2.75, 3.05) is 61.2 Å². The van der Waals surface area contributed by atoms with Crippen molar-refractivity contribution in [3.63, 3.8) is 0 Å². The second kappa shape index (κ2) is 26.6. The van der Waals surface area contributed by atoms with Crippen LogP contribution in [0.5, 0.6) is 0 Å². The molecule has 2 atom stereocenters. The summed E-state index contributed by atoms with van der Waals surface area (Å²) in [5, 5.41) is 0. The number of quaternary nitrogens is 1. The van der Waals surface area contributed by atoms with Gasteiger partial charge in [0.15, 0.2) is 0 Å². The Balaban J connectivity index is 4.04. The Labute approximate surface area is 249 Å². The lowest BCUT2D eigenvalue weighted by atomic mass is 9.89. The zero-order valence-electron chi connectivity index (χ0n) is 27.5. The minimum Gasteiger partial charge on any atom is -0.379 e. The van der Waals surface area contributed by atoms with Gasteiger partial charge in [-0.3, -0.25) is 9.05 Å². The molecule has 1 N–H and O–H groups in total. The number of hydrogen-bond donors (Lipinski definition) is 1. The lowest BCUT2D eigenvalue weighted by molar-refractivity contribution is -0.870. The Morgan fingerprint density at radius 2 is 1.12 bits per heavy atom. The number of hydrogen-bond acceptors (Lipinski definition) is 5. The molecule has 0 aromatic heterocycles. The molecule has 0 saturated heterocycles. The average molecular weight is 595 g/mol. The molecule has 0 aromatic carbocycles. The first-order valence-electron chi connectivity index (χ1n) is 16.7. The number of methoxy groups -OCH3 is 1.